The number of hydrogen-bond donors (Lipinski definition) is 1. The molecule has 0 N–H and O–H groups in total. The van der Waals surface area contributed by atoms with Gasteiger partial charge in [-0.05, 0) is 41.2 Å². The molecule has 0 heterocycles. The van der Waals surface area contributed by atoms with E-state index in [9.17, 15) is 0 Å². The molecule has 0 unspecified atom stereocenters. The SMILES string of the molecule is CCOC(C)(C)CCN(C)[C@@H](C)S. The van der Waals surface area contributed by atoms with Crippen molar-refractivity contribution in [3.05, 3.63) is 0 Å². The Labute approximate surface area is 88.1 Å². The van der Waals surface area contributed by atoms with Gasteiger partial charge in [-0.25, -0.2) is 0 Å². The quantitative estimate of drug-likeness (QED) is 0.528. The summed E-state index contributed by atoms with van der Waals surface area (Å²) in [5, 5.41) is 0.317. The first-order valence-electron chi connectivity index (χ1n) is 4.91. The maximum absolute atomic E-state index is 5.61. The summed E-state index contributed by atoms with van der Waals surface area (Å²) in [6.07, 6.45) is 1.04. The zero-order valence-corrected chi connectivity index (χ0v) is 10.4. The van der Waals surface area contributed by atoms with Gasteiger partial charge >= 0.3 is 0 Å². The van der Waals surface area contributed by atoms with Crippen molar-refractivity contribution in [2.24, 2.45) is 0 Å². The molecule has 0 rings (SSSR count). The number of rotatable bonds is 6. The van der Waals surface area contributed by atoms with E-state index >= 15 is 0 Å². The Hall–Kier alpha value is 0.270. The predicted octanol–water partition coefficient (Wildman–Crippen LogP) is 2.40. The molecule has 80 valence electrons. The largest absolute Gasteiger partial charge is 0.376 e. The second kappa shape index (κ2) is 5.89. The van der Waals surface area contributed by atoms with E-state index < -0.39 is 0 Å². The van der Waals surface area contributed by atoms with Gasteiger partial charge in [-0.1, -0.05) is 0 Å². The van der Waals surface area contributed by atoms with Crippen molar-refractivity contribution in [2.75, 3.05) is 20.2 Å². The van der Waals surface area contributed by atoms with Crippen LogP contribution in [0.4, 0.5) is 0 Å². The van der Waals surface area contributed by atoms with Crippen LogP contribution in [0.25, 0.3) is 0 Å². The minimum absolute atomic E-state index is 0.00826. The van der Waals surface area contributed by atoms with Crippen LogP contribution in [0, 0.1) is 0 Å². The van der Waals surface area contributed by atoms with Gasteiger partial charge in [0.15, 0.2) is 0 Å². The molecule has 0 aromatic heterocycles. The molecule has 0 aliphatic rings. The van der Waals surface area contributed by atoms with Gasteiger partial charge in [0, 0.05) is 18.5 Å². The lowest BCUT2D eigenvalue weighted by atomic mass is 10.1. The molecule has 0 fully saturated rings. The van der Waals surface area contributed by atoms with Crippen LogP contribution in [0.2, 0.25) is 0 Å². The smallest absolute Gasteiger partial charge is 0.0638 e. The van der Waals surface area contributed by atoms with Gasteiger partial charge in [-0.2, -0.15) is 12.6 Å². The Balaban J connectivity index is 3.73. The lowest BCUT2D eigenvalue weighted by Gasteiger charge is -2.28. The zero-order valence-electron chi connectivity index (χ0n) is 9.50. The van der Waals surface area contributed by atoms with Crippen LogP contribution in [0.3, 0.4) is 0 Å². The van der Waals surface area contributed by atoms with Crippen LogP contribution in [-0.2, 0) is 4.74 Å². The van der Waals surface area contributed by atoms with E-state index in [4.69, 9.17) is 4.74 Å². The first-order valence-corrected chi connectivity index (χ1v) is 5.43. The summed E-state index contributed by atoms with van der Waals surface area (Å²) in [5.74, 6) is 0. The molecular formula is C10H23NOS. The van der Waals surface area contributed by atoms with Gasteiger partial charge in [0.1, 0.15) is 0 Å². The third-order valence-electron chi connectivity index (χ3n) is 2.24. The van der Waals surface area contributed by atoms with E-state index in [0.717, 1.165) is 19.6 Å². The molecule has 1 atom stereocenters. The maximum Gasteiger partial charge on any atom is 0.0638 e. The fraction of sp³-hybridized carbons (Fsp3) is 1.00. The number of hydrogen-bond acceptors (Lipinski definition) is 3. The Morgan fingerprint density at radius 2 is 2.00 bits per heavy atom. The molecule has 0 spiro atoms. The zero-order chi connectivity index (χ0) is 10.5. The van der Waals surface area contributed by atoms with E-state index in [2.05, 4.69) is 45.3 Å². The molecule has 0 amide bonds. The molecule has 0 bridgehead atoms. The predicted molar refractivity (Wildman–Crippen MR) is 61.4 cm³/mol. The van der Waals surface area contributed by atoms with Crippen molar-refractivity contribution in [1.82, 2.24) is 4.90 Å². The van der Waals surface area contributed by atoms with E-state index in [1.807, 2.05) is 6.92 Å². The van der Waals surface area contributed by atoms with Gasteiger partial charge in [0.05, 0.1) is 5.60 Å². The number of ether oxygens (including phenoxy) is 1. The first kappa shape index (κ1) is 13.3. The van der Waals surface area contributed by atoms with Crippen molar-refractivity contribution in [2.45, 2.75) is 45.1 Å². The topological polar surface area (TPSA) is 12.5 Å². The van der Waals surface area contributed by atoms with Crippen LogP contribution in [0.1, 0.15) is 34.1 Å². The minimum Gasteiger partial charge on any atom is -0.376 e. The Kier molecular flexibility index (Phi) is 6.01. The molecule has 0 aromatic carbocycles. The number of nitrogens with zero attached hydrogens (tertiary/aromatic N) is 1. The second-order valence-corrected chi connectivity index (χ2v) is 4.80. The summed E-state index contributed by atoms with van der Waals surface area (Å²) < 4.78 is 5.61. The molecule has 0 saturated carbocycles. The van der Waals surface area contributed by atoms with E-state index in [-0.39, 0.29) is 5.60 Å². The van der Waals surface area contributed by atoms with Crippen LogP contribution < -0.4 is 0 Å². The molecule has 0 aliphatic carbocycles. The molecular weight excluding hydrogens is 182 g/mol. The molecule has 3 heteroatoms. The maximum atomic E-state index is 5.61. The molecule has 0 aromatic rings. The van der Waals surface area contributed by atoms with Crippen molar-refractivity contribution in [3.63, 3.8) is 0 Å². The van der Waals surface area contributed by atoms with Crippen molar-refractivity contribution in [1.29, 1.82) is 0 Å². The second-order valence-electron chi connectivity index (χ2n) is 4.06. The van der Waals surface area contributed by atoms with Gasteiger partial charge in [0.25, 0.3) is 0 Å². The molecule has 2 nitrogen and oxygen atoms in total. The summed E-state index contributed by atoms with van der Waals surface area (Å²) in [6, 6.07) is 0. The number of thiol groups is 1. The Morgan fingerprint density at radius 1 is 1.46 bits per heavy atom. The summed E-state index contributed by atoms with van der Waals surface area (Å²) in [7, 11) is 2.08. The van der Waals surface area contributed by atoms with E-state index in [1.165, 1.54) is 0 Å². The summed E-state index contributed by atoms with van der Waals surface area (Å²) in [6.45, 7) is 10.2. The monoisotopic (exact) mass is 205 g/mol. The average Bonchev–Trinajstić information content (AvgIpc) is 2.00. The van der Waals surface area contributed by atoms with Gasteiger partial charge in [-0.15, -0.1) is 0 Å². The van der Waals surface area contributed by atoms with Crippen molar-refractivity contribution >= 4 is 12.6 Å². The van der Waals surface area contributed by atoms with Crippen molar-refractivity contribution in [3.8, 4) is 0 Å². The van der Waals surface area contributed by atoms with Gasteiger partial charge < -0.3 is 4.74 Å². The van der Waals surface area contributed by atoms with Gasteiger partial charge in [0.2, 0.25) is 0 Å². The summed E-state index contributed by atoms with van der Waals surface area (Å²) in [5.41, 5.74) is -0.00826. The minimum atomic E-state index is -0.00826. The highest BCUT2D eigenvalue weighted by molar-refractivity contribution is 7.80. The Morgan fingerprint density at radius 3 is 2.38 bits per heavy atom. The highest BCUT2D eigenvalue weighted by Crippen LogP contribution is 2.15. The molecule has 0 saturated heterocycles. The van der Waals surface area contributed by atoms with Crippen LogP contribution in [0.15, 0.2) is 0 Å². The third-order valence-corrected chi connectivity index (χ3v) is 2.63. The average molecular weight is 205 g/mol. The van der Waals surface area contributed by atoms with E-state index in [0.29, 0.717) is 5.37 Å². The fourth-order valence-corrected chi connectivity index (χ4v) is 1.21. The third kappa shape index (κ3) is 6.36. The lowest BCUT2D eigenvalue weighted by Crippen LogP contribution is -2.33. The molecule has 0 radical (unpaired) electrons. The van der Waals surface area contributed by atoms with E-state index in [1.54, 1.807) is 0 Å². The first-order chi connectivity index (χ1) is 5.89. The van der Waals surface area contributed by atoms with Crippen LogP contribution >= 0.6 is 12.6 Å². The molecule has 13 heavy (non-hydrogen) atoms. The van der Waals surface area contributed by atoms with Gasteiger partial charge in [-0.3, -0.25) is 4.90 Å². The van der Waals surface area contributed by atoms with Crippen molar-refractivity contribution < 1.29 is 4.74 Å². The van der Waals surface area contributed by atoms with Crippen LogP contribution in [-0.4, -0.2) is 36.1 Å². The Bertz CT molecular complexity index is 137. The summed E-state index contributed by atoms with van der Waals surface area (Å²) >= 11 is 4.36. The molecule has 0 aliphatic heterocycles. The highest BCUT2D eigenvalue weighted by atomic mass is 32.1. The lowest BCUT2D eigenvalue weighted by molar-refractivity contribution is -0.0211. The standard InChI is InChI=1S/C10H23NOS/c1-6-12-10(3,4)7-8-11(5)9(2)13/h9,13H,6-8H2,1-5H3/t9-/m1/s1. The summed E-state index contributed by atoms with van der Waals surface area (Å²) in [4.78, 5) is 2.21. The highest BCUT2D eigenvalue weighted by Gasteiger charge is 2.18. The fourth-order valence-electron chi connectivity index (χ4n) is 1.10. The normalized spacial score (nSPS) is 15.0. The van der Waals surface area contributed by atoms with Crippen LogP contribution in [0.5, 0.6) is 0 Å².